The summed E-state index contributed by atoms with van der Waals surface area (Å²) in [5, 5.41) is 9.84. The van der Waals surface area contributed by atoms with Crippen LogP contribution in [0.2, 0.25) is 0 Å². The van der Waals surface area contributed by atoms with Gasteiger partial charge in [-0.2, -0.15) is 0 Å². The molecule has 0 radical (unpaired) electrons. The van der Waals surface area contributed by atoms with E-state index in [0.717, 1.165) is 24.8 Å². The Morgan fingerprint density at radius 1 is 1.31 bits per heavy atom. The molecule has 1 N–H and O–H groups in total. The molecule has 0 unspecified atom stereocenters. The van der Waals surface area contributed by atoms with E-state index < -0.39 is 0 Å². The number of nitrogens with zero attached hydrogens (tertiary/aromatic N) is 3. The van der Waals surface area contributed by atoms with E-state index in [0.29, 0.717) is 30.6 Å². The van der Waals surface area contributed by atoms with Gasteiger partial charge in [0.05, 0.1) is 19.2 Å². The smallest absolute Gasteiger partial charge is 0.259 e. The van der Waals surface area contributed by atoms with Gasteiger partial charge in [0.2, 0.25) is 11.8 Å². The lowest BCUT2D eigenvalue weighted by atomic mass is 9.84. The predicted molar refractivity (Wildman–Crippen MR) is 137 cm³/mol. The second-order valence-electron chi connectivity index (χ2n) is 10.0. The van der Waals surface area contributed by atoms with Crippen LogP contribution in [0.15, 0.2) is 42.6 Å². The molecule has 4 rings (SSSR count). The molecule has 1 saturated carbocycles. The Bertz CT molecular complexity index is 1140. The fourth-order valence-electron chi connectivity index (χ4n) is 4.56. The van der Waals surface area contributed by atoms with Gasteiger partial charge in [0.15, 0.2) is 0 Å². The number of aliphatic hydroxyl groups excluding tert-OH is 1. The summed E-state index contributed by atoms with van der Waals surface area (Å²) in [5.41, 5.74) is 2.07. The molecule has 2 aromatic rings. The lowest BCUT2D eigenvalue weighted by molar-refractivity contribution is -0.138. The molecule has 1 aliphatic carbocycles. The van der Waals surface area contributed by atoms with E-state index in [9.17, 15) is 14.7 Å². The first kappa shape index (κ1) is 25.7. The molecule has 0 bridgehead atoms. The highest BCUT2D eigenvalue weighted by Crippen LogP contribution is 2.30. The lowest BCUT2D eigenvalue weighted by Crippen LogP contribution is -2.51. The van der Waals surface area contributed by atoms with Crippen LogP contribution in [-0.2, 0) is 11.2 Å². The second-order valence-corrected chi connectivity index (χ2v) is 10.0. The lowest BCUT2D eigenvalue weighted by Gasteiger charge is -2.38. The van der Waals surface area contributed by atoms with Crippen molar-refractivity contribution in [2.45, 2.75) is 51.7 Å². The summed E-state index contributed by atoms with van der Waals surface area (Å²) < 4.78 is 6.30. The van der Waals surface area contributed by atoms with Crippen LogP contribution in [0.25, 0.3) is 0 Å². The molecule has 1 aliphatic heterocycles. The van der Waals surface area contributed by atoms with E-state index in [1.54, 1.807) is 22.1 Å². The molecule has 1 aromatic carbocycles. The molecule has 7 heteroatoms. The van der Waals surface area contributed by atoms with Gasteiger partial charge in [0.1, 0.15) is 11.7 Å². The van der Waals surface area contributed by atoms with Crippen molar-refractivity contribution in [3.63, 3.8) is 0 Å². The van der Waals surface area contributed by atoms with E-state index in [-0.39, 0.29) is 48.3 Å². The summed E-state index contributed by atoms with van der Waals surface area (Å²) in [6.07, 6.45) is 4.86. The minimum Gasteiger partial charge on any atom is -0.472 e. The van der Waals surface area contributed by atoms with Crippen LogP contribution >= 0.6 is 0 Å². The monoisotopic (exact) mass is 489 g/mol. The summed E-state index contributed by atoms with van der Waals surface area (Å²) in [6, 6.07) is 11.3. The summed E-state index contributed by atoms with van der Waals surface area (Å²) in [5.74, 6) is 6.44. The quantitative estimate of drug-likeness (QED) is 0.631. The first-order valence-corrected chi connectivity index (χ1v) is 12.7. The van der Waals surface area contributed by atoms with Crippen molar-refractivity contribution < 1.29 is 19.4 Å². The topological polar surface area (TPSA) is 83.0 Å². The Morgan fingerprint density at radius 3 is 2.72 bits per heavy atom. The molecular weight excluding hydrogens is 454 g/mol. The fourth-order valence-corrected chi connectivity index (χ4v) is 4.56. The Kier molecular flexibility index (Phi) is 8.27. The molecule has 190 valence electrons. The third kappa shape index (κ3) is 5.88. The van der Waals surface area contributed by atoms with Gasteiger partial charge >= 0.3 is 0 Å². The van der Waals surface area contributed by atoms with Gasteiger partial charge in [-0.15, -0.1) is 0 Å². The van der Waals surface area contributed by atoms with Gasteiger partial charge in [-0.1, -0.05) is 55.5 Å². The number of pyridine rings is 1. The zero-order valence-electron chi connectivity index (χ0n) is 21.3. The molecular formula is C29H35N3O4. The number of fused-ring (bicyclic) bond motifs is 1. The number of aliphatic hydroxyl groups is 1. The zero-order chi connectivity index (χ0) is 25.7. The van der Waals surface area contributed by atoms with Gasteiger partial charge in [-0.3, -0.25) is 9.59 Å². The van der Waals surface area contributed by atoms with Crippen molar-refractivity contribution in [3.05, 3.63) is 59.3 Å². The number of rotatable bonds is 6. The standard InChI is InChI=1S/C29H35N3O4/c1-20-17-32(21(2)19-33)29(35)25-15-23(12-7-11-22-9-5-4-6-10-22)16-30-27(25)36-26(20)18-31(3)28(34)24-13-8-14-24/h4-6,9-10,15-16,20-21,24,26,33H,8,11,13-14,17-19H2,1-3H3/t20-,21+,26-/m1/s1. The molecule has 1 fully saturated rings. The third-order valence-corrected chi connectivity index (χ3v) is 7.17. The summed E-state index contributed by atoms with van der Waals surface area (Å²) >= 11 is 0. The Labute approximate surface area is 213 Å². The molecule has 0 spiro atoms. The van der Waals surface area contributed by atoms with Gasteiger partial charge < -0.3 is 19.6 Å². The summed E-state index contributed by atoms with van der Waals surface area (Å²) in [6.45, 7) is 4.49. The molecule has 36 heavy (non-hydrogen) atoms. The maximum Gasteiger partial charge on any atom is 0.259 e. The number of carbonyl (C=O) groups excluding carboxylic acids is 2. The molecule has 3 atom stereocenters. The van der Waals surface area contributed by atoms with Crippen molar-refractivity contribution in [1.29, 1.82) is 0 Å². The van der Waals surface area contributed by atoms with E-state index in [2.05, 4.69) is 16.8 Å². The molecule has 2 aliphatic rings. The number of ether oxygens (including phenoxy) is 1. The highest BCUT2D eigenvalue weighted by molar-refractivity contribution is 5.97. The maximum absolute atomic E-state index is 13.5. The first-order chi connectivity index (χ1) is 17.4. The first-order valence-electron chi connectivity index (χ1n) is 12.7. The minimum atomic E-state index is -0.367. The summed E-state index contributed by atoms with van der Waals surface area (Å²) in [4.78, 5) is 34.2. The highest BCUT2D eigenvalue weighted by atomic mass is 16.5. The number of hydrogen-bond acceptors (Lipinski definition) is 5. The van der Waals surface area contributed by atoms with Gasteiger partial charge in [0.25, 0.3) is 5.91 Å². The van der Waals surface area contributed by atoms with Gasteiger partial charge in [-0.05, 0) is 31.4 Å². The summed E-state index contributed by atoms with van der Waals surface area (Å²) in [7, 11) is 1.81. The average molecular weight is 490 g/mol. The Hall–Kier alpha value is -3.37. The molecule has 2 amide bonds. The van der Waals surface area contributed by atoms with Crippen LogP contribution < -0.4 is 4.74 Å². The minimum absolute atomic E-state index is 0.0696. The number of benzene rings is 1. The average Bonchev–Trinajstić information content (AvgIpc) is 2.85. The van der Waals surface area contributed by atoms with Gasteiger partial charge in [0, 0.05) is 43.6 Å². The second kappa shape index (κ2) is 11.6. The van der Waals surface area contributed by atoms with Crippen molar-refractivity contribution in [2.24, 2.45) is 11.8 Å². The van der Waals surface area contributed by atoms with E-state index >= 15 is 0 Å². The third-order valence-electron chi connectivity index (χ3n) is 7.17. The highest BCUT2D eigenvalue weighted by Gasteiger charge is 2.36. The fraction of sp³-hybridized carbons (Fsp3) is 0.483. The van der Waals surface area contributed by atoms with Crippen molar-refractivity contribution in [3.8, 4) is 17.7 Å². The molecule has 7 nitrogen and oxygen atoms in total. The Morgan fingerprint density at radius 2 is 2.06 bits per heavy atom. The Balaban J connectivity index is 1.60. The van der Waals surface area contributed by atoms with Crippen LogP contribution in [-0.4, -0.2) is 70.6 Å². The number of carbonyl (C=O) groups is 2. The van der Waals surface area contributed by atoms with Crippen LogP contribution in [0.5, 0.6) is 5.88 Å². The number of aromatic nitrogens is 1. The molecule has 0 saturated heterocycles. The van der Waals surface area contributed by atoms with E-state index in [4.69, 9.17) is 4.74 Å². The van der Waals surface area contributed by atoms with Crippen LogP contribution in [0.4, 0.5) is 0 Å². The van der Waals surface area contributed by atoms with Crippen molar-refractivity contribution in [2.75, 3.05) is 26.7 Å². The molecule has 2 heterocycles. The number of hydrogen-bond donors (Lipinski definition) is 1. The van der Waals surface area contributed by atoms with Gasteiger partial charge in [-0.25, -0.2) is 4.98 Å². The van der Waals surface area contributed by atoms with Crippen LogP contribution in [0.3, 0.4) is 0 Å². The van der Waals surface area contributed by atoms with Crippen LogP contribution in [0, 0.1) is 23.7 Å². The van der Waals surface area contributed by atoms with E-state index in [1.165, 1.54) is 0 Å². The van der Waals surface area contributed by atoms with E-state index in [1.807, 2.05) is 51.2 Å². The number of likely N-dealkylation sites (N-methyl/N-ethyl adjacent to an activating group) is 1. The number of amides is 2. The van der Waals surface area contributed by atoms with Crippen molar-refractivity contribution in [1.82, 2.24) is 14.8 Å². The zero-order valence-corrected chi connectivity index (χ0v) is 21.3. The SMILES string of the molecule is C[C@@H]1CN([C@@H](C)CO)C(=O)c2cc(C#CCc3ccccc3)cnc2O[C@@H]1CN(C)C(=O)C1CCC1. The van der Waals surface area contributed by atoms with Crippen molar-refractivity contribution >= 4 is 11.8 Å². The molecule has 1 aromatic heterocycles. The van der Waals surface area contributed by atoms with Crippen LogP contribution in [0.1, 0.15) is 54.6 Å². The normalized spacial score (nSPS) is 20.6. The predicted octanol–water partition coefficient (Wildman–Crippen LogP) is 3.15. The largest absolute Gasteiger partial charge is 0.472 e. The maximum atomic E-state index is 13.5.